The SMILES string of the molecule is Cc1c(Cl)cccc1NS(=O)(=O)c1ccc(NC(=O)[C@@H](C)Sc2ccccc2)cc1. The number of rotatable bonds is 7. The van der Waals surface area contributed by atoms with Crippen molar-refractivity contribution in [3.8, 4) is 0 Å². The van der Waals surface area contributed by atoms with Crippen molar-refractivity contribution in [2.45, 2.75) is 28.9 Å². The number of carbonyl (C=O) groups excluding carboxylic acids is 1. The van der Waals surface area contributed by atoms with Crippen molar-refractivity contribution in [3.05, 3.63) is 83.4 Å². The Hall–Kier alpha value is -2.48. The van der Waals surface area contributed by atoms with Crippen molar-refractivity contribution in [2.24, 2.45) is 0 Å². The van der Waals surface area contributed by atoms with Crippen LogP contribution in [0.5, 0.6) is 0 Å². The Morgan fingerprint density at radius 2 is 1.63 bits per heavy atom. The van der Waals surface area contributed by atoms with E-state index in [1.165, 1.54) is 23.9 Å². The highest BCUT2D eigenvalue weighted by molar-refractivity contribution is 8.00. The Kier molecular flexibility index (Phi) is 7.07. The number of sulfonamides is 1. The molecule has 0 unspecified atom stereocenters. The average molecular weight is 461 g/mol. The molecule has 0 spiro atoms. The topological polar surface area (TPSA) is 75.3 Å². The predicted molar refractivity (Wildman–Crippen MR) is 124 cm³/mol. The molecule has 1 amide bonds. The van der Waals surface area contributed by atoms with E-state index in [1.54, 1.807) is 37.3 Å². The number of hydrogen-bond donors (Lipinski definition) is 2. The van der Waals surface area contributed by atoms with Crippen LogP contribution in [0.3, 0.4) is 0 Å². The van der Waals surface area contributed by atoms with E-state index in [-0.39, 0.29) is 16.1 Å². The van der Waals surface area contributed by atoms with Crippen LogP contribution in [0.4, 0.5) is 11.4 Å². The van der Waals surface area contributed by atoms with E-state index in [9.17, 15) is 13.2 Å². The summed E-state index contributed by atoms with van der Waals surface area (Å²) in [4.78, 5) is 13.5. The van der Waals surface area contributed by atoms with Gasteiger partial charge in [-0.2, -0.15) is 0 Å². The van der Waals surface area contributed by atoms with Gasteiger partial charge in [-0.1, -0.05) is 35.9 Å². The van der Waals surface area contributed by atoms with Crippen LogP contribution in [0, 0.1) is 6.92 Å². The van der Waals surface area contributed by atoms with Crippen LogP contribution in [-0.2, 0) is 14.8 Å². The maximum atomic E-state index is 12.7. The zero-order valence-corrected chi connectivity index (χ0v) is 18.8. The van der Waals surface area contributed by atoms with Gasteiger partial charge in [-0.15, -0.1) is 11.8 Å². The van der Waals surface area contributed by atoms with Crippen molar-refractivity contribution >= 4 is 50.7 Å². The average Bonchev–Trinajstić information content (AvgIpc) is 2.72. The highest BCUT2D eigenvalue weighted by Gasteiger charge is 2.18. The summed E-state index contributed by atoms with van der Waals surface area (Å²) in [7, 11) is -3.78. The van der Waals surface area contributed by atoms with Gasteiger partial charge in [-0.25, -0.2) is 8.42 Å². The van der Waals surface area contributed by atoms with E-state index in [1.807, 2.05) is 37.3 Å². The third kappa shape index (κ3) is 5.56. The van der Waals surface area contributed by atoms with Crippen LogP contribution in [0.15, 0.2) is 82.6 Å². The van der Waals surface area contributed by atoms with E-state index in [0.717, 1.165) is 4.90 Å². The first kappa shape index (κ1) is 22.2. The first-order valence-corrected chi connectivity index (χ1v) is 11.9. The monoisotopic (exact) mass is 460 g/mol. The lowest BCUT2D eigenvalue weighted by Gasteiger charge is -2.13. The number of halogens is 1. The van der Waals surface area contributed by atoms with Crippen molar-refractivity contribution in [1.82, 2.24) is 0 Å². The number of benzene rings is 3. The van der Waals surface area contributed by atoms with Crippen molar-refractivity contribution in [3.63, 3.8) is 0 Å². The molecular weight excluding hydrogens is 440 g/mol. The van der Waals surface area contributed by atoms with E-state index in [2.05, 4.69) is 10.0 Å². The third-order valence-electron chi connectivity index (χ3n) is 4.37. The highest BCUT2D eigenvalue weighted by atomic mass is 35.5. The van der Waals surface area contributed by atoms with Gasteiger partial charge in [-0.05, 0) is 67.9 Å². The molecular formula is C22H21ClN2O3S2. The Labute approximate surface area is 185 Å². The second kappa shape index (κ2) is 9.55. The summed E-state index contributed by atoms with van der Waals surface area (Å²) >= 11 is 7.51. The molecule has 0 saturated heterocycles. The summed E-state index contributed by atoms with van der Waals surface area (Å²) in [6, 6.07) is 20.7. The Morgan fingerprint density at radius 3 is 2.30 bits per heavy atom. The lowest BCUT2D eigenvalue weighted by Crippen LogP contribution is -2.22. The van der Waals surface area contributed by atoms with Crippen LogP contribution >= 0.6 is 23.4 Å². The number of carbonyl (C=O) groups is 1. The Bertz CT molecular complexity index is 1130. The van der Waals surface area contributed by atoms with Gasteiger partial charge in [0.2, 0.25) is 5.91 Å². The summed E-state index contributed by atoms with van der Waals surface area (Å²) in [6.45, 7) is 3.57. The minimum absolute atomic E-state index is 0.0894. The maximum Gasteiger partial charge on any atom is 0.261 e. The summed E-state index contributed by atoms with van der Waals surface area (Å²) in [5, 5.41) is 2.99. The molecule has 3 aromatic rings. The standard InChI is InChI=1S/C22H21ClN2O3S2/c1-15-20(23)9-6-10-21(15)25-30(27,28)19-13-11-17(12-14-19)24-22(26)16(2)29-18-7-4-3-5-8-18/h3-14,16,25H,1-2H3,(H,24,26)/t16-/m1/s1. The van der Waals surface area contributed by atoms with E-state index >= 15 is 0 Å². The number of anilines is 2. The van der Waals surface area contributed by atoms with Crippen LogP contribution in [-0.4, -0.2) is 19.6 Å². The van der Waals surface area contributed by atoms with Gasteiger partial charge in [0.05, 0.1) is 15.8 Å². The van der Waals surface area contributed by atoms with E-state index in [4.69, 9.17) is 11.6 Å². The highest BCUT2D eigenvalue weighted by Crippen LogP contribution is 2.26. The molecule has 1 atom stereocenters. The van der Waals surface area contributed by atoms with Crippen molar-refractivity contribution in [1.29, 1.82) is 0 Å². The molecule has 3 aromatic carbocycles. The molecule has 0 fully saturated rings. The van der Waals surface area contributed by atoms with Crippen molar-refractivity contribution < 1.29 is 13.2 Å². The summed E-state index contributed by atoms with van der Waals surface area (Å²) in [5.74, 6) is -0.160. The van der Waals surface area contributed by atoms with Gasteiger partial charge in [-0.3, -0.25) is 9.52 Å². The molecule has 30 heavy (non-hydrogen) atoms. The summed E-state index contributed by atoms with van der Waals surface area (Å²) < 4.78 is 27.9. The lowest BCUT2D eigenvalue weighted by atomic mass is 10.2. The van der Waals surface area contributed by atoms with E-state index in [0.29, 0.717) is 22.0 Å². The summed E-state index contributed by atoms with van der Waals surface area (Å²) in [5.41, 5.74) is 1.60. The van der Waals surface area contributed by atoms with Gasteiger partial charge in [0.25, 0.3) is 10.0 Å². The van der Waals surface area contributed by atoms with Crippen molar-refractivity contribution in [2.75, 3.05) is 10.0 Å². The van der Waals surface area contributed by atoms with Gasteiger partial charge < -0.3 is 5.32 Å². The van der Waals surface area contributed by atoms with Crippen LogP contribution in [0.2, 0.25) is 5.02 Å². The Balaban J connectivity index is 1.66. The normalized spacial score (nSPS) is 12.2. The molecule has 0 aliphatic carbocycles. The molecule has 0 radical (unpaired) electrons. The molecule has 0 aromatic heterocycles. The maximum absolute atomic E-state index is 12.7. The third-order valence-corrected chi connectivity index (χ3v) is 7.27. The fourth-order valence-electron chi connectivity index (χ4n) is 2.64. The molecule has 8 heteroatoms. The predicted octanol–water partition coefficient (Wildman–Crippen LogP) is 5.57. The van der Waals surface area contributed by atoms with Gasteiger partial charge in [0.15, 0.2) is 0 Å². The van der Waals surface area contributed by atoms with Crippen LogP contribution < -0.4 is 10.0 Å². The molecule has 0 saturated carbocycles. The lowest BCUT2D eigenvalue weighted by molar-refractivity contribution is -0.115. The molecule has 156 valence electrons. The zero-order chi connectivity index (χ0) is 21.7. The smallest absolute Gasteiger partial charge is 0.261 e. The first-order chi connectivity index (χ1) is 14.3. The molecule has 0 aliphatic heterocycles. The molecule has 3 rings (SSSR count). The van der Waals surface area contributed by atoms with Gasteiger partial charge in [0, 0.05) is 15.6 Å². The van der Waals surface area contributed by atoms with Crippen LogP contribution in [0.25, 0.3) is 0 Å². The Morgan fingerprint density at radius 1 is 0.967 bits per heavy atom. The fourth-order valence-corrected chi connectivity index (χ4v) is 4.83. The first-order valence-electron chi connectivity index (χ1n) is 9.17. The largest absolute Gasteiger partial charge is 0.325 e. The van der Waals surface area contributed by atoms with Gasteiger partial charge in [0.1, 0.15) is 0 Å². The van der Waals surface area contributed by atoms with E-state index < -0.39 is 10.0 Å². The minimum Gasteiger partial charge on any atom is -0.325 e. The summed E-state index contributed by atoms with van der Waals surface area (Å²) in [6.07, 6.45) is 0. The number of nitrogens with one attached hydrogen (secondary N) is 2. The minimum atomic E-state index is -3.78. The fraction of sp³-hybridized carbons (Fsp3) is 0.136. The molecule has 0 aliphatic rings. The van der Waals surface area contributed by atoms with Crippen LogP contribution in [0.1, 0.15) is 12.5 Å². The quantitative estimate of drug-likeness (QED) is 0.452. The molecule has 2 N–H and O–H groups in total. The number of thioether (sulfide) groups is 1. The number of amides is 1. The van der Waals surface area contributed by atoms with Gasteiger partial charge >= 0.3 is 0 Å². The molecule has 5 nitrogen and oxygen atoms in total. The number of hydrogen-bond acceptors (Lipinski definition) is 4. The second-order valence-electron chi connectivity index (χ2n) is 6.60. The zero-order valence-electron chi connectivity index (χ0n) is 16.4. The molecule has 0 heterocycles. The molecule has 0 bridgehead atoms. The second-order valence-corrected chi connectivity index (χ2v) is 10.1.